The Labute approximate surface area is 207 Å². The second kappa shape index (κ2) is 11.9. The molecule has 2 aromatic rings. The highest BCUT2D eigenvalue weighted by atomic mass is 16.5. The number of carbonyl (C=O) groups is 3. The molecular formula is C28H36N2O5. The molecule has 0 aliphatic heterocycles. The highest BCUT2D eigenvalue weighted by Crippen LogP contribution is 2.44. The lowest BCUT2D eigenvalue weighted by Gasteiger charge is -2.29. The number of unbranched alkanes of at least 4 members (excludes halogenated alkanes) is 1. The van der Waals surface area contributed by atoms with Crippen molar-refractivity contribution in [2.24, 2.45) is 0 Å². The van der Waals surface area contributed by atoms with E-state index in [2.05, 4.69) is 34.9 Å². The largest absolute Gasteiger partial charge is 0.480 e. The first-order valence-corrected chi connectivity index (χ1v) is 12.5. The molecular weight excluding hydrogens is 444 g/mol. The van der Waals surface area contributed by atoms with Crippen molar-refractivity contribution in [2.45, 2.75) is 76.8 Å². The molecule has 188 valence electrons. The Morgan fingerprint density at radius 1 is 0.971 bits per heavy atom. The fraction of sp³-hybridized carbons (Fsp3) is 0.464. The van der Waals surface area contributed by atoms with Gasteiger partial charge in [-0.3, -0.25) is 4.79 Å². The third-order valence-electron chi connectivity index (χ3n) is 7.00. The molecule has 7 nitrogen and oxygen atoms in total. The van der Waals surface area contributed by atoms with Gasteiger partial charge in [-0.25, -0.2) is 9.59 Å². The smallest absolute Gasteiger partial charge is 0.407 e. The van der Waals surface area contributed by atoms with Crippen LogP contribution in [-0.2, 0) is 14.3 Å². The fourth-order valence-electron chi connectivity index (χ4n) is 4.81. The van der Waals surface area contributed by atoms with Crippen molar-refractivity contribution in [2.75, 3.05) is 6.61 Å². The first-order chi connectivity index (χ1) is 16.8. The van der Waals surface area contributed by atoms with E-state index in [1.54, 1.807) is 13.8 Å². The number of rotatable bonds is 12. The first kappa shape index (κ1) is 26.3. The van der Waals surface area contributed by atoms with Crippen LogP contribution in [0.1, 0.15) is 76.3 Å². The van der Waals surface area contributed by atoms with Crippen molar-refractivity contribution in [1.82, 2.24) is 10.6 Å². The van der Waals surface area contributed by atoms with Crippen LogP contribution < -0.4 is 10.6 Å². The zero-order valence-electron chi connectivity index (χ0n) is 20.8. The Morgan fingerprint density at radius 3 is 2.06 bits per heavy atom. The molecule has 3 rings (SSSR count). The Hall–Kier alpha value is -3.35. The summed E-state index contributed by atoms with van der Waals surface area (Å²) >= 11 is 0. The van der Waals surface area contributed by atoms with Crippen molar-refractivity contribution in [3.8, 4) is 11.1 Å². The van der Waals surface area contributed by atoms with Gasteiger partial charge in [0.2, 0.25) is 5.91 Å². The molecule has 0 fully saturated rings. The van der Waals surface area contributed by atoms with Crippen LogP contribution in [0, 0.1) is 0 Å². The summed E-state index contributed by atoms with van der Waals surface area (Å²) in [7, 11) is 0. The van der Waals surface area contributed by atoms with Gasteiger partial charge in [-0.05, 0) is 41.5 Å². The highest BCUT2D eigenvalue weighted by Gasteiger charge is 2.37. The summed E-state index contributed by atoms with van der Waals surface area (Å²) in [6.07, 6.45) is 2.33. The number of alkyl carbamates (subject to hydrolysis) is 1. The maximum Gasteiger partial charge on any atom is 0.407 e. The highest BCUT2D eigenvalue weighted by molar-refractivity contribution is 5.87. The summed E-state index contributed by atoms with van der Waals surface area (Å²) in [6, 6.07) is 15.8. The third kappa shape index (κ3) is 6.02. The average Bonchev–Trinajstić information content (AvgIpc) is 3.18. The lowest BCUT2D eigenvalue weighted by Crippen LogP contribution is -2.54. The van der Waals surface area contributed by atoms with Crippen molar-refractivity contribution >= 4 is 18.0 Å². The number of carbonyl (C=O) groups excluding carboxylic acids is 2. The fourth-order valence-corrected chi connectivity index (χ4v) is 4.81. The molecule has 0 aromatic heterocycles. The lowest BCUT2D eigenvalue weighted by molar-refractivity contribution is -0.148. The van der Waals surface area contributed by atoms with Crippen LogP contribution in [0.15, 0.2) is 48.5 Å². The van der Waals surface area contributed by atoms with Crippen LogP contribution in [0.25, 0.3) is 11.1 Å². The minimum atomic E-state index is -1.30. The molecule has 0 saturated carbocycles. The predicted molar refractivity (Wildman–Crippen MR) is 135 cm³/mol. The zero-order chi connectivity index (χ0) is 25.4. The van der Waals surface area contributed by atoms with Gasteiger partial charge >= 0.3 is 12.1 Å². The van der Waals surface area contributed by atoms with Crippen LogP contribution in [0.4, 0.5) is 4.79 Å². The van der Waals surface area contributed by atoms with Crippen LogP contribution in [0.5, 0.6) is 0 Å². The molecule has 3 N–H and O–H groups in total. The summed E-state index contributed by atoms with van der Waals surface area (Å²) in [6.45, 7) is 5.71. The van der Waals surface area contributed by atoms with Crippen LogP contribution in [-0.4, -0.2) is 41.3 Å². The van der Waals surface area contributed by atoms with E-state index < -0.39 is 29.6 Å². The minimum Gasteiger partial charge on any atom is -0.480 e. The molecule has 1 atom stereocenters. The number of ether oxygens (including phenoxy) is 1. The molecule has 0 unspecified atom stereocenters. The van der Waals surface area contributed by atoms with E-state index in [1.807, 2.05) is 31.2 Å². The Morgan fingerprint density at radius 2 is 1.54 bits per heavy atom. The number of benzene rings is 2. The number of carboxylic acids is 1. The number of hydrogen-bond acceptors (Lipinski definition) is 4. The van der Waals surface area contributed by atoms with Crippen LogP contribution >= 0.6 is 0 Å². The summed E-state index contributed by atoms with van der Waals surface area (Å²) in [5.41, 5.74) is 3.28. The molecule has 2 aromatic carbocycles. The zero-order valence-corrected chi connectivity index (χ0v) is 20.8. The maximum atomic E-state index is 12.7. The number of fused-ring (bicyclic) bond motifs is 3. The van der Waals surface area contributed by atoms with E-state index in [0.29, 0.717) is 6.42 Å². The van der Waals surface area contributed by atoms with E-state index in [4.69, 9.17) is 4.74 Å². The minimum absolute atomic E-state index is 0.000768. The summed E-state index contributed by atoms with van der Waals surface area (Å²) in [5, 5.41) is 15.1. The van der Waals surface area contributed by atoms with E-state index in [9.17, 15) is 19.5 Å². The SMILES string of the molecule is CCCC[C@H](CC(=O)NC(CC)(CC)C(=O)O)NC(=O)OCC1c2ccccc2-c2ccccc21. The van der Waals surface area contributed by atoms with E-state index >= 15 is 0 Å². The molecule has 0 radical (unpaired) electrons. The molecule has 0 saturated heterocycles. The van der Waals surface area contributed by atoms with Gasteiger partial charge in [0.25, 0.3) is 0 Å². The molecule has 0 heterocycles. The van der Waals surface area contributed by atoms with Crippen LogP contribution in [0.2, 0.25) is 0 Å². The molecule has 0 bridgehead atoms. The number of hydrogen-bond donors (Lipinski definition) is 3. The second-order valence-corrected chi connectivity index (χ2v) is 9.16. The maximum absolute atomic E-state index is 12.7. The summed E-state index contributed by atoms with van der Waals surface area (Å²) in [4.78, 5) is 37.2. The molecule has 1 aliphatic rings. The van der Waals surface area contributed by atoms with Gasteiger partial charge in [0, 0.05) is 18.4 Å². The topological polar surface area (TPSA) is 105 Å². The number of amides is 2. The second-order valence-electron chi connectivity index (χ2n) is 9.16. The van der Waals surface area contributed by atoms with Gasteiger partial charge in [0.15, 0.2) is 0 Å². The molecule has 7 heteroatoms. The molecule has 0 spiro atoms. The van der Waals surface area contributed by atoms with Gasteiger partial charge in [-0.2, -0.15) is 0 Å². The monoisotopic (exact) mass is 480 g/mol. The standard InChI is InChI=1S/C28H36N2O5/c1-4-7-12-19(17-25(31)30-28(5-2,6-3)26(32)33)29-27(34)35-18-24-22-15-10-8-13-20(22)21-14-9-11-16-23(21)24/h8-11,13-16,19,24H,4-7,12,17-18H2,1-3H3,(H,29,34)(H,30,31)(H,32,33)/t19-/m1/s1. The van der Waals surface area contributed by atoms with Crippen molar-refractivity contribution in [3.05, 3.63) is 59.7 Å². The van der Waals surface area contributed by atoms with Gasteiger partial charge in [-0.15, -0.1) is 0 Å². The van der Waals surface area contributed by atoms with Gasteiger partial charge in [0.1, 0.15) is 12.1 Å². The van der Waals surface area contributed by atoms with Crippen molar-refractivity contribution < 1.29 is 24.2 Å². The van der Waals surface area contributed by atoms with Crippen LogP contribution in [0.3, 0.4) is 0 Å². The Balaban J connectivity index is 1.63. The summed E-state index contributed by atoms with van der Waals surface area (Å²) in [5.74, 6) is -1.49. The first-order valence-electron chi connectivity index (χ1n) is 12.5. The van der Waals surface area contributed by atoms with Gasteiger partial charge in [0.05, 0.1) is 0 Å². The third-order valence-corrected chi connectivity index (χ3v) is 7.00. The van der Waals surface area contributed by atoms with Gasteiger partial charge in [-0.1, -0.05) is 82.1 Å². The van der Waals surface area contributed by atoms with E-state index in [0.717, 1.165) is 35.1 Å². The van der Waals surface area contributed by atoms with E-state index in [1.165, 1.54) is 0 Å². The molecule has 1 aliphatic carbocycles. The van der Waals surface area contributed by atoms with Gasteiger partial charge < -0.3 is 20.5 Å². The van der Waals surface area contributed by atoms with E-state index in [-0.39, 0.29) is 31.8 Å². The van der Waals surface area contributed by atoms with Crippen molar-refractivity contribution in [3.63, 3.8) is 0 Å². The quantitative estimate of drug-likeness (QED) is 0.386. The number of carboxylic acid groups (broad SMARTS) is 1. The molecule has 35 heavy (non-hydrogen) atoms. The molecule has 2 amide bonds. The Bertz CT molecular complexity index is 1000. The average molecular weight is 481 g/mol. The van der Waals surface area contributed by atoms with Crippen molar-refractivity contribution in [1.29, 1.82) is 0 Å². The predicted octanol–water partition coefficient (Wildman–Crippen LogP) is 5.23. The lowest BCUT2D eigenvalue weighted by atomic mass is 9.92. The number of nitrogens with one attached hydrogen (secondary N) is 2. The normalized spacial score (nSPS) is 13.5. The summed E-state index contributed by atoms with van der Waals surface area (Å²) < 4.78 is 5.64. The Kier molecular flexibility index (Phi) is 8.90. The number of aliphatic carboxylic acids is 1.